The quantitative estimate of drug-likeness (QED) is 0.892. The highest BCUT2D eigenvalue weighted by atomic mass is 35.5. The third kappa shape index (κ3) is 3.22. The number of hydrogen-bond donors (Lipinski definition) is 1. The Morgan fingerprint density at radius 3 is 2.39 bits per heavy atom. The zero-order chi connectivity index (χ0) is 12.8. The third-order valence-corrected chi connectivity index (χ3v) is 2.76. The average molecular weight is 258 g/mol. The fourth-order valence-corrected chi connectivity index (χ4v) is 1.69. The van der Waals surface area contributed by atoms with E-state index in [4.69, 9.17) is 11.6 Å². The van der Waals surface area contributed by atoms with Gasteiger partial charge in [0.05, 0.1) is 0 Å². The molecule has 0 saturated carbocycles. The van der Waals surface area contributed by atoms with Crippen molar-refractivity contribution < 1.29 is 4.79 Å². The molecule has 2 rings (SSSR count). The van der Waals surface area contributed by atoms with Crippen molar-refractivity contribution in [1.82, 2.24) is 5.32 Å². The van der Waals surface area contributed by atoms with Crippen LogP contribution in [0.3, 0.4) is 0 Å². The highest BCUT2D eigenvalue weighted by Crippen LogP contribution is 2.15. The van der Waals surface area contributed by atoms with Crippen molar-refractivity contribution in [3.63, 3.8) is 0 Å². The van der Waals surface area contributed by atoms with E-state index in [1.54, 1.807) is 30.5 Å². The molecule has 0 spiro atoms. The summed E-state index contributed by atoms with van der Waals surface area (Å²) in [6.45, 7) is 0. The minimum atomic E-state index is -0.140. The minimum absolute atomic E-state index is 0.140. The molecule has 0 atom stereocenters. The van der Waals surface area contributed by atoms with Crippen molar-refractivity contribution in [2.75, 3.05) is 0 Å². The molecule has 2 nitrogen and oxygen atoms in total. The normalized spacial score (nSPS) is 10.5. The van der Waals surface area contributed by atoms with Gasteiger partial charge in [-0.1, -0.05) is 48.0 Å². The van der Waals surface area contributed by atoms with Crippen LogP contribution in [0.4, 0.5) is 0 Å². The Hall–Kier alpha value is -2.06. The summed E-state index contributed by atoms with van der Waals surface area (Å²) in [6.07, 6.45) is 3.36. The zero-order valence-corrected chi connectivity index (χ0v) is 10.4. The van der Waals surface area contributed by atoms with Crippen LogP contribution < -0.4 is 5.32 Å². The van der Waals surface area contributed by atoms with Crippen LogP contribution in [0.5, 0.6) is 0 Å². The highest BCUT2D eigenvalue weighted by molar-refractivity contribution is 6.32. The molecule has 0 saturated heterocycles. The van der Waals surface area contributed by atoms with E-state index in [0.717, 1.165) is 5.56 Å². The molecular formula is C15H12ClNO. The molecule has 90 valence electrons. The molecule has 1 amide bonds. The fraction of sp³-hybridized carbons (Fsp3) is 0. The second-order valence-corrected chi connectivity index (χ2v) is 4.10. The van der Waals surface area contributed by atoms with Gasteiger partial charge in [0.1, 0.15) is 0 Å². The summed E-state index contributed by atoms with van der Waals surface area (Å²) >= 11 is 5.99. The van der Waals surface area contributed by atoms with Gasteiger partial charge < -0.3 is 5.32 Å². The summed E-state index contributed by atoms with van der Waals surface area (Å²) in [7, 11) is 0. The summed E-state index contributed by atoms with van der Waals surface area (Å²) in [5.41, 5.74) is 1.49. The van der Waals surface area contributed by atoms with Crippen molar-refractivity contribution in [3.05, 3.63) is 76.9 Å². The number of amides is 1. The molecule has 0 bridgehead atoms. The Morgan fingerprint density at radius 1 is 1.00 bits per heavy atom. The second kappa shape index (κ2) is 6.03. The molecule has 0 aliphatic carbocycles. The first-order chi connectivity index (χ1) is 8.77. The first kappa shape index (κ1) is 12.4. The predicted octanol–water partition coefficient (Wildman–Crippen LogP) is 3.74. The molecule has 1 N–H and O–H groups in total. The molecule has 3 heteroatoms. The Bertz CT molecular complexity index is 564. The number of carbonyl (C=O) groups excluding carboxylic acids is 1. The maximum atomic E-state index is 11.7. The molecule has 2 aromatic carbocycles. The monoisotopic (exact) mass is 257 g/mol. The van der Waals surface area contributed by atoms with E-state index in [2.05, 4.69) is 5.32 Å². The smallest absolute Gasteiger partial charge is 0.255 e. The maximum Gasteiger partial charge on any atom is 0.255 e. The van der Waals surface area contributed by atoms with Crippen molar-refractivity contribution in [2.45, 2.75) is 0 Å². The Balaban J connectivity index is 2.00. The van der Waals surface area contributed by atoms with E-state index in [0.29, 0.717) is 10.6 Å². The van der Waals surface area contributed by atoms with Crippen molar-refractivity contribution >= 4 is 23.6 Å². The minimum Gasteiger partial charge on any atom is -0.329 e. The van der Waals surface area contributed by atoms with Crippen LogP contribution in [0.1, 0.15) is 15.9 Å². The van der Waals surface area contributed by atoms with E-state index in [1.807, 2.05) is 36.4 Å². The van der Waals surface area contributed by atoms with Gasteiger partial charge in [-0.3, -0.25) is 4.79 Å². The average Bonchev–Trinajstić information content (AvgIpc) is 2.42. The fourth-order valence-electron chi connectivity index (χ4n) is 1.49. The third-order valence-electron chi connectivity index (χ3n) is 2.42. The van der Waals surface area contributed by atoms with Gasteiger partial charge in [0, 0.05) is 16.8 Å². The molecule has 18 heavy (non-hydrogen) atoms. The molecule has 0 aromatic heterocycles. The Kier molecular flexibility index (Phi) is 4.15. The van der Waals surface area contributed by atoms with Crippen LogP contribution in [-0.2, 0) is 0 Å². The summed E-state index contributed by atoms with van der Waals surface area (Å²) in [6, 6.07) is 16.5. The number of rotatable bonds is 3. The predicted molar refractivity (Wildman–Crippen MR) is 74.4 cm³/mol. The summed E-state index contributed by atoms with van der Waals surface area (Å²) < 4.78 is 0. The van der Waals surface area contributed by atoms with E-state index in [-0.39, 0.29) is 5.91 Å². The highest BCUT2D eigenvalue weighted by Gasteiger charge is 2.00. The van der Waals surface area contributed by atoms with E-state index in [9.17, 15) is 4.79 Å². The zero-order valence-electron chi connectivity index (χ0n) is 9.64. The van der Waals surface area contributed by atoms with E-state index < -0.39 is 0 Å². The van der Waals surface area contributed by atoms with Gasteiger partial charge in [0.25, 0.3) is 5.91 Å². The first-order valence-electron chi connectivity index (χ1n) is 5.54. The number of benzene rings is 2. The van der Waals surface area contributed by atoms with Crippen LogP contribution in [0.15, 0.2) is 60.8 Å². The number of carbonyl (C=O) groups is 1. The van der Waals surface area contributed by atoms with Gasteiger partial charge in [0.15, 0.2) is 0 Å². The van der Waals surface area contributed by atoms with Gasteiger partial charge in [-0.05, 0) is 29.8 Å². The van der Waals surface area contributed by atoms with Crippen molar-refractivity contribution in [2.24, 2.45) is 0 Å². The maximum absolute atomic E-state index is 11.7. The molecule has 0 radical (unpaired) electrons. The standard InChI is InChI=1S/C15H12ClNO/c16-14-9-5-4-6-12(14)10-11-17-15(18)13-7-2-1-3-8-13/h1-11H,(H,17,18)/b11-10+. The SMILES string of the molecule is O=C(N/C=C/c1ccccc1Cl)c1ccccc1. The van der Waals surface area contributed by atoms with E-state index >= 15 is 0 Å². The molecule has 0 unspecified atom stereocenters. The van der Waals surface area contributed by atoms with Crippen LogP contribution in [0.25, 0.3) is 6.08 Å². The van der Waals surface area contributed by atoms with E-state index in [1.165, 1.54) is 0 Å². The number of nitrogens with one attached hydrogen (secondary N) is 1. The summed E-state index contributed by atoms with van der Waals surface area (Å²) in [5, 5.41) is 3.35. The van der Waals surface area contributed by atoms with Gasteiger partial charge in [-0.2, -0.15) is 0 Å². The lowest BCUT2D eigenvalue weighted by Crippen LogP contribution is -2.16. The molecule has 0 fully saturated rings. The number of hydrogen-bond acceptors (Lipinski definition) is 1. The Labute approximate surface area is 111 Å². The van der Waals surface area contributed by atoms with Gasteiger partial charge in [-0.25, -0.2) is 0 Å². The van der Waals surface area contributed by atoms with Gasteiger partial charge in [-0.15, -0.1) is 0 Å². The van der Waals surface area contributed by atoms with Crippen LogP contribution in [0.2, 0.25) is 5.02 Å². The van der Waals surface area contributed by atoms with Crippen LogP contribution >= 0.6 is 11.6 Å². The topological polar surface area (TPSA) is 29.1 Å². The first-order valence-corrected chi connectivity index (χ1v) is 5.92. The van der Waals surface area contributed by atoms with Gasteiger partial charge in [0.2, 0.25) is 0 Å². The summed E-state index contributed by atoms with van der Waals surface area (Å²) in [4.78, 5) is 11.7. The molecular weight excluding hydrogens is 246 g/mol. The van der Waals surface area contributed by atoms with Crippen molar-refractivity contribution in [1.29, 1.82) is 0 Å². The lowest BCUT2D eigenvalue weighted by Gasteiger charge is -2.00. The van der Waals surface area contributed by atoms with Crippen LogP contribution in [-0.4, -0.2) is 5.91 Å². The van der Waals surface area contributed by atoms with Crippen LogP contribution in [0, 0.1) is 0 Å². The summed E-state index contributed by atoms with van der Waals surface area (Å²) in [5.74, 6) is -0.140. The second-order valence-electron chi connectivity index (χ2n) is 3.69. The lowest BCUT2D eigenvalue weighted by molar-refractivity contribution is 0.0970. The molecule has 0 heterocycles. The number of halogens is 1. The Morgan fingerprint density at radius 2 is 1.67 bits per heavy atom. The van der Waals surface area contributed by atoms with Crippen molar-refractivity contribution in [3.8, 4) is 0 Å². The molecule has 0 aliphatic rings. The molecule has 0 aliphatic heterocycles. The lowest BCUT2D eigenvalue weighted by atomic mass is 10.2. The largest absolute Gasteiger partial charge is 0.329 e. The molecule has 2 aromatic rings. The van der Waals surface area contributed by atoms with Gasteiger partial charge >= 0.3 is 0 Å².